The average molecular weight is 151 g/mol. The fourth-order valence-corrected chi connectivity index (χ4v) is 0.647. The summed E-state index contributed by atoms with van der Waals surface area (Å²) in [6.07, 6.45) is 0. The molecule has 56 valence electrons. The number of carbonyl (C=O) groups is 1. The SMILES string of the molecule is N#C[C@H]1C(=O)N=C(N)N=C1N. The minimum absolute atomic E-state index is 0.0926. The van der Waals surface area contributed by atoms with Crippen molar-refractivity contribution in [2.24, 2.45) is 27.4 Å². The number of hydrogen-bond donors (Lipinski definition) is 2. The summed E-state index contributed by atoms with van der Waals surface area (Å²) in [7, 11) is 0. The maximum atomic E-state index is 10.8. The number of aliphatic imine (C=N–C) groups is 2. The lowest BCUT2D eigenvalue weighted by atomic mass is 10.1. The second kappa shape index (κ2) is 2.38. The van der Waals surface area contributed by atoms with Crippen LogP contribution in [0, 0.1) is 17.2 Å². The maximum Gasteiger partial charge on any atom is 0.274 e. The highest BCUT2D eigenvalue weighted by Gasteiger charge is 2.25. The zero-order valence-electron chi connectivity index (χ0n) is 5.48. The van der Waals surface area contributed by atoms with E-state index in [1.54, 1.807) is 6.07 Å². The van der Waals surface area contributed by atoms with Crippen LogP contribution in [-0.4, -0.2) is 17.7 Å². The number of carbonyl (C=O) groups excluding carboxylic acids is 1. The van der Waals surface area contributed by atoms with Crippen LogP contribution < -0.4 is 11.5 Å². The van der Waals surface area contributed by atoms with Gasteiger partial charge in [-0.3, -0.25) is 4.79 Å². The minimum atomic E-state index is -1.07. The van der Waals surface area contributed by atoms with Gasteiger partial charge in [0.2, 0.25) is 5.96 Å². The zero-order valence-corrected chi connectivity index (χ0v) is 5.48. The van der Waals surface area contributed by atoms with Gasteiger partial charge in [0.15, 0.2) is 5.92 Å². The normalized spacial score (nSPS) is 23.5. The lowest BCUT2D eigenvalue weighted by molar-refractivity contribution is -0.118. The van der Waals surface area contributed by atoms with Crippen molar-refractivity contribution in [2.45, 2.75) is 0 Å². The summed E-state index contributed by atoms with van der Waals surface area (Å²) in [4.78, 5) is 17.5. The predicted molar refractivity (Wildman–Crippen MR) is 37.4 cm³/mol. The van der Waals surface area contributed by atoms with Crippen molar-refractivity contribution in [3.05, 3.63) is 0 Å². The van der Waals surface area contributed by atoms with Crippen molar-refractivity contribution < 1.29 is 4.79 Å². The fourth-order valence-electron chi connectivity index (χ4n) is 0.647. The molecule has 0 saturated heterocycles. The van der Waals surface area contributed by atoms with Crippen LogP contribution in [-0.2, 0) is 4.79 Å². The number of amidine groups is 1. The molecule has 1 aliphatic heterocycles. The fraction of sp³-hybridized carbons (Fsp3) is 0.200. The van der Waals surface area contributed by atoms with Crippen LogP contribution in [0.25, 0.3) is 0 Å². The van der Waals surface area contributed by atoms with Gasteiger partial charge >= 0.3 is 0 Å². The molecule has 1 heterocycles. The third-order valence-corrected chi connectivity index (χ3v) is 1.14. The van der Waals surface area contributed by atoms with Crippen LogP contribution in [0.2, 0.25) is 0 Å². The highest BCUT2D eigenvalue weighted by molar-refractivity contribution is 6.15. The highest BCUT2D eigenvalue weighted by atomic mass is 16.1. The number of amides is 1. The predicted octanol–water partition coefficient (Wildman–Crippen LogP) is -1.66. The second-order valence-corrected chi connectivity index (χ2v) is 1.91. The molecular formula is C5H5N5O. The van der Waals surface area contributed by atoms with Crippen LogP contribution in [0.15, 0.2) is 9.98 Å². The molecule has 0 bridgehead atoms. The summed E-state index contributed by atoms with van der Waals surface area (Å²) in [6.45, 7) is 0. The summed E-state index contributed by atoms with van der Waals surface area (Å²) in [5, 5.41) is 8.38. The van der Waals surface area contributed by atoms with Crippen molar-refractivity contribution in [1.29, 1.82) is 5.26 Å². The van der Waals surface area contributed by atoms with Crippen LogP contribution in [0.4, 0.5) is 0 Å². The first kappa shape index (κ1) is 7.21. The summed E-state index contributed by atoms with van der Waals surface area (Å²) in [5.41, 5.74) is 10.3. The quantitative estimate of drug-likeness (QED) is 0.430. The van der Waals surface area contributed by atoms with Crippen LogP contribution in [0.1, 0.15) is 0 Å². The molecule has 1 atom stereocenters. The van der Waals surface area contributed by atoms with E-state index < -0.39 is 11.8 Å². The van der Waals surface area contributed by atoms with Gasteiger partial charge < -0.3 is 11.5 Å². The van der Waals surface area contributed by atoms with Crippen molar-refractivity contribution in [3.63, 3.8) is 0 Å². The molecule has 0 saturated carbocycles. The van der Waals surface area contributed by atoms with Gasteiger partial charge in [-0.1, -0.05) is 0 Å². The highest BCUT2D eigenvalue weighted by Crippen LogP contribution is 2.03. The number of rotatable bonds is 0. The van der Waals surface area contributed by atoms with Gasteiger partial charge in [-0.25, -0.2) is 0 Å². The van der Waals surface area contributed by atoms with Crippen LogP contribution in [0.5, 0.6) is 0 Å². The first-order valence-corrected chi connectivity index (χ1v) is 2.77. The first-order chi connectivity index (χ1) is 5.15. The molecule has 0 aliphatic carbocycles. The van der Waals surface area contributed by atoms with E-state index in [0.717, 1.165) is 0 Å². The molecule has 0 aromatic heterocycles. The van der Waals surface area contributed by atoms with E-state index in [1.807, 2.05) is 0 Å². The van der Waals surface area contributed by atoms with E-state index in [1.165, 1.54) is 0 Å². The number of nitriles is 1. The Morgan fingerprint density at radius 1 is 1.45 bits per heavy atom. The standard InChI is InChI=1S/C5H5N5O/c6-1-2-3(7)9-5(8)10-4(2)11/h2H,(H4,7,8,9,10,11)/t2-/m1/s1. The van der Waals surface area contributed by atoms with Gasteiger partial charge in [0.1, 0.15) is 5.84 Å². The van der Waals surface area contributed by atoms with E-state index >= 15 is 0 Å². The van der Waals surface area contributed by atoms with Gasteiger partial charge in [-0.2, -0.15) is 15.2 Å². The Morgan fingerprint density at radius 2 is 2.09 bits per heavy atom. The van der Waals surface area contributed by atoms with Gasteiger partial charge in [-0.15, -0.1) is 0 Å². The molecule has 0 aromatic carbocycles. The molecule has 6 nitrogen and oxygen atoms in total. The largest absolute Gasteiger partial charge is 0.385 e. The van der Waals surface area contributed by atoms with Crippen molar-refractivity contribution >= 4 is 17.7 Å². The number of hydrogen-bond acceptors (Lipinski definition) is 5. The lowest BCUT2D eigenvalue weighted by Gasteiger charge is -2.08. The molecule has 0 aromatic rings. The Labute approximate surface area is 62.2 Å². The molecular weight excluding hydrogens is 146 g/mol. The summed E-state index contributed by atoms with van der Waals surface area (Å²) in [5.74, 6) is -2.01. The maximum absolute atomic E-state index is 10.8. The van der Waals surface area contributed by atoms with Crippen LogP contribution in [0.3, 0.4) is 0 Å². The Bertz CT molecular complexity index is 296. The minimum Gasteiger partial charge on any atom is -0.385 e. The van der Waals surface area contributed by atoms with E-state index in [4.69, 9.17) is 16.7 Å². The molecule has 0 radical (unpaired) electrons. The Hall–Kier alpha value is -1.90. The molecule has 0 fully saturated rings. The zero-order chi connectivity index (χ0) is 8.43. The van der Waals surface area contributed by atoms with Crippen LogP contribution >= 0.6 is 0 Å². The first-order valence-electron chi connectivity index (χ1n) is 2.77. The van der Waals surface area contributed by atoms with Crippen molar-refractivity contribution in [2.75, 3.05) is 0 Å². The second-order valence-electron chi connectivity index (χ2n) is 1.91. The summed E-state index contributed by atoms with van der Waals surface area (Å²) >= 11 is 0. The molecule has 0 spiro atoms. The Kier molecular flexibility index (Phi) is 1.56. The number of guanidine groups is 1. The lowest BCUT2D eigenvalue weighted by Crippen LogP contribution is -2.35. The van der Waals surface area contributed by atoms with E-state index in [9.17, 15) is 4.79 Å². The molecule has 1 aliphatic rings. The molecule has 1 rings (SSSR count). The third-order valence-electron chi connectivity index (χ3n) is 1.14. The summed E-state index contributed by atoms with van der Waals surface area (Å²) < 4.78 is 0. The van der Waals surface area contributed by atoms with E-state index in [0.29, 0.717) is 0 Å². The van der Waals surface area contributed by atoms with Gasteiger partial charge in [0.05, 0.1) is 6.07 Å². The van der Waals surface area contributed by atoms with Crippen molar-refractivity contribution in [3.8, 4) is 6.07 Å². The molecule has 1 amide bonds. The molecule has 0 unspecified atom stereocenters. The topological polar surface area (TPSA) is 118 Å². The van der Waals surface area contributed by atoms with Gasteiger partial charge in [-0.05, 0) is 0 Å². The Balaban J connectivity index is 3.03. The molecule has 11 heavy (non-hydrogen) atoms. The third kappa shape index (κ3) is 1.16. The monoisotopic (exact) mass is 151 g/mol. The van der Waals surface area contributed by atoms with Gasteiger partial charge in [0, 0.05) is 0 Å². The van der Waals surface area contributed by atoms with E-state index in [2.05, 4.69) is 9.98 Å². The molecule has 6 heteroatoms. The molecule has 4 N–H and O–H groups in total. The number of nitrogens with two attached hydrogens (primary N) is 2. The van der Waals surface area contributed by atoms with Crippen molar-refractivity contribution in [1.82, 2.24) is 0 Å². The van der Waals surface area contributed by atoms with Gasteiger partial charge in [0.25, 0.3) is 5.91 Å². The summed E-state index contributed by atoms with van der Waals surface area (Å²) in [6, 6.07) is 1.66. The Morgan fingerprint density at radius 3 is 2.55 bits per heavy atom. The van der Waals surface area contributed by atoms with E-state index in [-0.39, 0.29) is 11.8 Å². The smallest absolute Gasteiger partial charge is 0.274 e. The average Bonchev–Trinajstić information content (AvgIpc) is 1.85. The number of nitrogens with zero attached hydrogens (tertiary/aromatic N) is 3.